The number of benzene rings is 2. The second-order valence-electron chi connectivity index (χ2n) is 6.54. The molecule has 6 nitrogen and oxygen atoms in total. The second kappa shape index (κ2) is 9.03. The zero-order valence-corrected chi connectivity index (χ0v) is 15.9. The lowest BCUT2D eigenvalue weighted by atomic mass is 9.97. The van der Waals surface area contributed by atoms with Crippen molar-refractivity contribution < 1.29 is 28.5 Å². The Morgan fingerprint density at radius 1 is 1.21 bits per heavy atom. The van der Waals surface area contributed by atoms with Gasteiger partial charge in [-0.3, -0.25) is 4.79 Å². The van der Waals surface area contributed by atoms with Crippen molar-refractivity contribution in [1.29, 1.82) is 0 Å². The summed E-state index contributed by atoms with van der Waals surface area (Å²) < 4.78 is 29.8. The van der Waals surface area contributed by atoms with Crippen molar-refractivity contribution in [2.75, 3.05) is 34.0 Å². The molecule has 1 amide bonds. The highest BCUT2D eigenvalue weighted by Gasteiger charge is 2.36. The maximum atomic E-state index is 13.5. The van der Waals surface area contributed by atoms with Gasteiger partial charge in [-0.15, -0.1) is 0 Å². The van der Waals surface area contributed by atoms with Crippen molar-refractivity contribution in [2.24, 2.45) is 0 Å². The molecule has 3 rings (SSSR count). The molecular formula is C21H24FNO5. The van der Waals surface area contributed by atoms with Gasteiger partial charge in [0.15, 0.2) is 11.5 Å². The highest BCUT2D eigenvalue weighted by atomic mass is 19.1. The van der Waals surface area contributed by atoms with Crippen LogP contribution in [0.2, 0.25) is 0 Å². The Kier molecular flexibility index (Phi) is 6.49. The molecule has 1 saturated heterocycles. The van der Waals surface area contributed by atoms with Crippen molar-refractivity contribution >= 4 is 5.91 Å². The van der Waals surface area contributed by atoms with Crippen LogP contribution < -0.4 is 9.47 Å². The zero-order chi connectivity index (χ0) is 20.1. The molecule has 2 aromatic carbocycles. The Hall–Kier alpha value is -2.64. The molecule has 0 spiro atoms. The van der Waals surface area contributed by atoms with Crippen molar-refractivity contribution in [3.05, 3.63) is 59.4 Å². The summed E-state index contributed by atoms with van der Waals surface area (Å²) in [5.41, 5.74) is 1.37. The van der Waals surface area contributed by atoms with E-state index >= 15 is 0 Å². The van der Waals surface area contributed by atoms with Gasteiger partial charge in [-0.25, -0.2) is 4.39 Å². The summed E-state index contributed by atoms with van der Waals surface area (Å²) in [6.45, 7) is 0.469. The van der Waals surface area contributed by atoms with Gasteiger partial charge >= 0.3 is 0 Å². The Labute approximate surface area is 163 Å². The number of carbonyl (C=O) groups is 1. The first-order valence-corrected chi connectivity index (χ1v) is 9.05. The summed E-state index contributed by atoms with van der Waals surface area (Å²) in [5.74, 6) is 0.560. The maximum Gasteiger partial charge on any atom is 0.227 e. The minimum absolute atomic E-state index is 0.0691. The summed E-state index contributed by atoms with van der Waals surface area (Å²) in [6, 6.07) is 10.9. The summed E-state index contributed by atoms with van der Waals surface area (Å²) >= 11 is 0. The molecule has 7 heteroatoms. The standard InChI is InChI=1S/C21H24FNO5/c1-26-17-7-6-15(12-18(17)27-2)21-19(13-24)28-9-8-23(21)20(25)11-14-4-3-5-16(22)10-14/h3-7,10,12,19,21,24H,8-9,11,13H2,1-2H3/t19-,21-/m1/s1. The SMILES string of the molecule is COc1ccc([C@@H]2[C@@H](CO)OCCN2C(=O)Cc2cccc(F)c2)cc1OC. The summed E-state index contributed by atoms with van der Waals surface area (Å²) in [7, 11) is 3.09. The van der Waals surface area contributed by atoms with E-state index in [2.05, 4.69) is 0 Å². The number of aliphatic hydroxyl groups is 1. The molecule has 2 aromatic rings. The van der Waals surface area contributed by atoms with Crippen LogP contribution in [0.15, 0.2) is 42.5 Å². The van der Waals surface area contributed by atoms with E-state index in [1.54, 1.807) is 36.3 Å². The number of rotatable bonds is 6. The van der Waals surface area contributed by atoms with Crippen molar-refractivity contribution in [2.45, 2.75) is 18.6 Å². The number of amides is 1. The third kappa shape index (κ3) is 4.26. The molecule has 0 radical (unpaired) electrons. The van der Waals surface area contributed by atoms with E-state index in [0.29, 0.717) is 30.2 Å². The van der Waals surface area contributed by atoms with E-state index in [1.165, 1.54) is 19.2 Å². The second-order valence-corrected chi connectivity index (χ2v) is 6.54. The first kappa shape index (κ1) is 20.1. The fourth-order valence-corrected chi connectivity index (χ4v) is 3.52. The van der Waals surface area contributed by atoms with Crippen LogP contribution in [0, 0.1) is 5.82 Å². The molecule has 0 aromatic heterocycles. The Morgan fingerprint density at radius 2 is 2.00 bits per heavy atom. The Morgan fingerprint density at radius 3 is 2.68 bits per heavy atom. The van der Waals surface area contributed by atoms with Gasteiger partial charge in [0.1, 0.15) is 11.9 Å². The fraction of sp³-hybridized carbons (Fsp3) is 0.381. The van der Waals surface area contributed by atoms with E-state index in [-0.39, 0.29) is 24.8 Å². The summed E-state index contributed by atoms with van der Waals surface area (Å²) in [6.07, 6.45) is -0.497. The topological polar surface area (TPSA) is 68.2 Å². The van der Waals surface area contributed by atoms with Gasteiger partial charge < -0.3 is 24.2 Å². The Bertz CT molecular complexity index is 828. The van der Waals surface area contributed by atoms with Gasteiger partial charge in [-0.2, -0.15) is 0 Å². The number of hydrogen-bond acceptors (Lipinski definition) is 5. The number of carbonyl (C=O) groups excluding carboxylic acids is 1. The molecule has 0 bridgehead atoms. The highest BCUT2D eigenvalue weighted by Crippen LogP contribution is 2.36. The van der Waals surface area contributed by atoms with E-state index < -0.39 is 12.1 Å². The van der Waals surface area contributed by atoms with Gasteiger partial charge in [0.05, 0.1) is 39.9 Å². The minimum Gasteiger partial charge on any atom is -0.493 e. The smallest absolute Gasteiger partial charge is 0.227 e. The number of aliphatic hydroxyl groups excluding tert-OH is 1. The normalized spacial score (nSPS) is 19.4. The molecule has 0 saturated carbocycles. The molecule has 1 N–H and O–H groups in total. The van der Waals surface area contributed by atoms with Crippen LogP contribution in [0.25, 0.3) is 0 Å². The first-order valence-electron chi connectivity index (χ1n) is 9.05. The maximum absolute atomic E-state index is 13.5. The predicted molar refractivity (Wildman–Crippen MR) is 101 cm³/mol. The van der Waals surface area contributed by atoms with Gasteiger partial charge in [-0.1, -0.05) is 18.2 Å². The molecule has 28 heavy (non-hydrogen) atoms. The number of nitrogens with zero attached hydrogens (tertiary/aromatic N) is 1. The largest absolute Gasteiger partial charge is 0.493 e. The predicted octanol–water partition coefficient (Wildman–Crippen LogP) is 2.35. The van der Waals surface area contributed by atoms with Crippen molar-refractivity contribution in [1.82, 2.24) is 4.90 Å². The van der Waals surface area contributed by atoms with Crippen LogP contribution in [0.1, 0.15) is 17.2 Å². The van der Waals surface area contributed by atoms with Crippen LogP contribution in [0.5, 0.6) is 11.5 Å². The molecule has 150 valence electrons. The molecule has 1 heterocycles. The fourth-order valence-electron chi connectivity index (χ4n) is 3.52. The average molecular weight is 389 g/mol. The first-order chi connectivity index (χ1) is 13.6. The quantitative estimate of drug-likeness (QED) is 0.822. The van der Waals surface area contributed by atoms with Gasteiger partial charge in [0.25, 0.3) is 0 Å². The highest BCUT2D eigenvalue weighted by molar-refractivity contribution is 5.79. The molecule has 1 aliphatic heterocycles. The number of halogens is 1. The summed E-state index contributed by atoms with van der Waals surface area (Å²) in [5, 5.41) is 9.81. The molecule has 1 fully saturated rings. The van der Waals surface area contributed by atoms with Crippen molar-refractivity contribution in [3.63, 3.8) is 0 Å². The number of hydrogen-bond donors (Lipinski definition) is 1. The number of morpholine rings is 1. The van der Waals surface area contributed by atoms with E-state index in [4.69, 9.17) is 14.2 Å². The zero-order valence-electron chi connectivity index (χ0n) is 15.9. The monoisotopic (exact) mass is 389 g/mol. The van der Waals surface area contributed by atoms with Gasteiger partial charge in [0.2, 0.25) is 5.91 Å². The number of methoxy groups -OCH3 is 2. The lowest BCUT2D eigenvalue weighted by Gasteiger charge is -2.41. The molecule has 2 atom stereocenters. The van der Waals surface area contributed by atoms with Gasteiger partial charge in [-0.05, 0) is 35.4 Å². The minimum atomic E-state index is -0.566. The van der Waals surface area contributed by atoms with E-state index in [9.17, 15) is 14.3 Å². The average Bonchev–Trinajstić information content (AvgIpc) is 2.72. The molecule has 1 aliphatic rings. The van der Waals surface area contributed by atoms with Crippen LogP contribution in [0.4, 0.5) is 4.39 Å². The van der Waals surface area contributed by atoms with Crippen molar-refractivity contribution in [3.8, 4) is 11.5 Å². The van der Waals surface area contributed by atoms with Crippen LogP contribution >= 0.6 is 0 Å². The van der Waals surface area contributed by atoms with E-state index in [1.807, 2.05) is 6.07 Å². The van der Waals surface area contributed by atoms with E-state index in [0.717, 1.165) is 5.56 Å². The molecule has 0 aliphatic carbocycles. The number of ether oxygens (including phenoxy) is 3. The molecule has 0 unspecified atom stereocenters. The van der Waals surface area contributed by atoms with Gasteiger partial charge in [0, 0.05) is 6.54 Å². The lowest BCUT2D eigenvalue weighted by Crippen LogP contribution is -2.50. The third-order valence-electron chi connectivity index (χ3n) is 4.85. The lowest BCUT2D eigenvalue weighted by molar-refractivity contribution is -0.149. The van der Waals surface area contributed by atoms with Crippen LogP contribution in [0.3, 0.4) is 0 Å². The van der Waals surface area contributed by atoms with Crippen LogP contribution in [-0.4, -0.2) is 56.0 Å². The third-order valence-corrected chi connectivity index (χ3v) is 4.85. The Balaban J connectivity index is 1.91. The molecular weight excluding hydrogens is 365 g/mol. The van der Waals surface area contributed by atoms with Crippen LogP contribution in [-0.2, 0) is 16.0 Å². The summed E-state index contributed by atoms with van der Waals surface area (Å²) in [4.78, 5) is 14.7.